The summed E-state index contributed by atoms with van der Waals surface area (Å²) in [5.74, 6) is -1.66. The van der Waals surface area contributed by atoms with Gasteiger partial charge in [0.25, 0.3) is 10.1 Å². The van der Waals surface area contributed by atoms with Crippen molar-refractivity contribution >= 4 is 32.9 Å². The molecule has 2 unspecified atom stereocenters. The number of aromatic carboxylic acids is 1. The Hall–Kier alpha value is -2.61. The molecule has 0 saturated carbocycles. The molecule has 2 aromatic heterocycles. The molecule has 2 aliphatic heterocycles. The molecule has 2 fully saturated rings. The van der Waals surface area contributed by atoms with E-state index < -0.39 is 32.9 Å². The zero-order chi connectivity index (χ0) is 24.0. The van der Waals surface area contributed by atoms with Crippen molar-refractivity contribution in [1.29, 1.82) is 0 Å². The third kappa shape index (κ3) is 5.66. The summed E-state index contributed by atoms with van der Waals surface area (Å²) in [5, 5.41) is 12.7. The third-order valence-electron chi connectivity index (χ3n) is 5.49. The number of rotatable bonds is 2. The number of hydrogen-bond acceptors (Lipinski definition) is 7. The first-order chi connectivity index (χ1) is 14.7. The average Bonchev–Trinajstić information content (AvgIpc) is 2.87. The van der Waals surface area contributed by atoms with Gasteiger partial charge in [-0.2, -0.15) is 8.42 Å². The number of pyridine rings is 2. The van der Waals surface area contributed by atoms with Crippen molar-refractivity contribution in [1.82, 2.24) is 14.9 Å². The summed E-state index contributed by atoms with van der Waals surface area (Å²) in [7, 11) is -3.67. The topological polar surface area (TPSA) is 173 Å². The molecule has 0 aromatic carbocycles. The lowest BCUT2D eigenvalue weighted by Crippen LogP contribution is -2.52. The highest BCUT2D eigenvalue weighted by Gasteiger charge is 2.39. The highest BCUT2D eigenvalue weighted by atomic mass is 32.2. The van der Waals surface area contributed by atoms with Gasteiger partial charge in [-0.15, -0.1) is 0 Å². The van der Waals surface area contributed by atoms with E-state index in [1.54, 1.807) is 4.57 Å². The van der Waals surface area contributed by atoms with Crippen molar-refractivity contribution in [3.63, 3.8) is 0 Å². The zero-order valence-corrected chi connectivity index (χ0v) is 19.6. The van der Waals surface area contributed by atoms with Crippen LogP contribution in [0.5, 0.6) is 0 Å². The molecule has 2 aromatic rings. The summed E-state index contributed by atoms with van der Waals surface area (Å²) >= 11 is 0. The predicted octanol–water partition coefficient (Wildman–Crippen LogP) is 0.609. The SMILES string of the molecule is CC(C)(C)n1cc(C(=O)O)c(=O)c2cc(F)c(N3C4CCC3CNC4)nc21.CS(=O)(=O)O.O. The Morgan fingerprint density at radius 2 is 1.76 bits per heavy atom. The lowest BCUT2D eigenvalue weighted by Gasteiger charge is -2.36. The Kier molecular flexibility index (Phi) is 7.53. The van der Waals surface area contributed by atoms with Crippen molar-refractivity contribution in [3.05, 3.63) is 33.9 Å². The molecule has 2 saturated heterocycles. The van der Waals surface area contributed by atoms with E-state index in [9.17, 15) is 27.5 Å². The molecule has 0 amide bonds. The largest absolute Gasteiger partial charge is 0.477 e. The number of hydrogen-bond donors (Lipinski definition) is 3. The van der Waals surface area contributed by atoms with Crippen LogP contribution in [-0.2, 0) is 15.7 Å². The maximum atomic E-state index is 15.0. The average molecular weight is 489 g/mol. The van der Waals surface area contributed by atoms with Gasteiger partial charge in [-0.05, 0) is 39.7 Å². The first kappa shape index (κ1) is 26.6. The molecule has 2 bridgehead atoms. The van der Waals surface area contributed by atoms with Gasteiger partial charge in [0.05, 0.1) is 11.6 Å². The molecule has 184 valence electrons. The molecular formula is C20H29FN4O7S. The molecule has 4 heterocycles. The Labute approximate surface area is 190 Å². The van der Waals surface area contributed by atoms with Crippen molar-refractivity contribution in [2.75, 3.05) is 24.2 Å². The van der Waals surface area contributed by atoms with Gasteiger partial charge in [-0.25, -0.2) is 14.2 Å². The van der Waals surface area contributed by atoms with Crippen molar-refractivity contribution < 1.29 is 32.7 Å². The van der Waals surface area contributed by atoms with Gasteiger partial charge >= 0.3 is 5.97 Å². The second-order valence-electron chi connectivity index (χ2n) is 9.07. The van der Waals surface area contributed by atoms with Gasteiger partial charge in [0.15, 0.2) is 11.6 Å². The zero-order valence-electron chi connectivity index (χ0n) is 18.8. The number of carboxylic acids is 1. The molecule has 5 N–H and O–H groups in total. The normalized spacial score (nSPS) is 20.1. The van der Waals surface area contributed by atoms with Crippen LogP contribution in [0.4, 0.5) is 10.2 Å². The smallest absolute Gasteiger partial charge is 0.341 e. The van der Waals surface area contributed by atoms with Gasteiger partial charge in [-0.1, -0.05) is 0 Å². The van der Waals surface area contributed by atoms with Crippen LogP contribution < -0.4 is 15.6 Å². The van der Waals surface area contributed by atoms with E-state index in [1.807, 2.05) is 25.7 Å². The highest BCUT2D eigenvalue weighted by molar-refractivity contribution is 7.85. The van der Waals surface area contributed by atoms with E-state index in [4.69, 9.17) is 4.55 Å². The first-order valence-electron chi connectivity index (χ1n) is 10.1. The molecule has 2 aliphatic rings. The second-order valence-corrected chi connectivity index (χ2v) is 10.5. The standard InChI is InChI=1S/C19H23FN4O3.CH4O3S.H2O/c1-19(2,3)23-9-13(18(26)27)15(25)12-6-14(20)17(22-16(12)23)24-10-4-5-11(24)8-21-7-10;1-5(2,3)4;/h6,9-11,21H,4-5,7-8H2,1-3H3,(H,26,27);1H3,(H,2,3,4);1H2. The summed E-state index contributed by atoms with van der Waals surface area (Å²) < 4.78 is 42.5. The summed E-state index contributed by atoms with van der Waals surface area (Å²) in [6, 6.07) is 1.50. The van der Waals surface area contributed by atoms with Gasteiger partial charge in [0.2, 0.25) is 5.43 Å². The van der Waals surface area contributed by atoms with Crippen LogP contribution >= 0.6 is 0 Å². The Balaban J connectivity index is 0.000000583. The Bertz CT molecular complexity index is 1200. The van der Waals surface area contributed by atoms with Crippen LogP contribution in [0.15, 0.2) is 17.1 Å². The molecule has 4 rings (SSSR count). The van der Waals surface area contributed by atoms with E-state index in [0.717, 1.165) is 32.0 Å². The van der Waals surface area contributed by atoms with Crippen molar-refractivity contribution in [2.24, 2.45) is 0 Å². The van der Waals surface area contributed by atoms with Crippen molar-refractivity contribution in [2.45, 2.75) is 51.2 Å². The quantitative estimate of drug-likeness (QED) is 0.512. The number of nitrogens with zero attached hydrogens (tertiary/aromatic N) is 3. The Morgan fingerprint density at radius 1 is 1.24 bits per heavy atom. The molecule has 33 heavy (non-hydrogen) atoms. The van der Waals surface area contributed by atoms with E-state index in [0.29, 0.717) is 11.9 Å². The molecule has 2 atom stereocenters. The number of aromatic nitrogens is 2. The molecule has 11 nitrogen and oxygen atoms in total. The van der Waals surface area contributed by atoms with Gasteiger partial charge in [0.1, 0.15) is 11.2 Å². The molecule has 13 heteroatoms. The second kappa shape index (κ2) is 9.33. The fraction of sp³-hybridized carbons (Fsp3) is 0.550. The minimum absolute atomic E-state index is 0. The summed E-state index contributed by atoms with van der Waals surface area (Å²) in [6.07, 6.45) is 3.97. The number of fused-ring (bicyclic) bond motifs is 3. The fourth-order valence-corrected chi connectivity index (χ4v) is 4.18. The van der Waals surface area contributed by atoms with E-state index in [2.05, 4.69) is 10.3 Å². The third-order valence-corrected chi connectivity index (χ3v) is 5.49. The van der Waals surface area contributed by atoms with Gasteiger partial charge < -0.3 is 25.4 Å². The molecular weight excluding hydrogens is 459 g/mol. The van der Waals surface area contributed by atoms with E-state index >= 15 is 0 Å². The molecule has 0 spiro atoms. The van der Waals surface area contributed by atoms with Crippen LogP contribution in [0.25, 0.3) is 11.0 Å². The first-order valence-corrected chi connectivity index (χ1v) is 11.9. The van der Waals surface area contributed by atoms with Crippen molar-refractivity contribution in [3.8, 4) is 0 Å². The monoisotopic (exact) mass is 488 g/mol. The Morgan fingerprint density at radius 3 is 2.21 bits per heavy atom. The maximum absolute atomic E-state index is 15.0. The van der Waals surface area contributed by atoms with E-state index in [-0.39, 0.29) is 34.3 Å². The predicted molar refractivity (Wildman–Crippen MR) is 121 cm³/mol. The number of piperazine rings is 1. The molecule has 0 aliphatic carbocycles. The van der Waals surface area contributed by atoms with Crippen LogP contribution in [0, 0.1) is 5.82 Å². The van der Waals surface area contributed by atoms with Crippen LogP contribution in [-0.4, -0.2) is 70.5 Å². The minimum Gasteiger partial charge on any atom is -0.477 e. The summed E-state index contributed by atoms with van der Waals surface area (Å²) in [5.41, 5.74) is -1.31. The number of carboxylic acid groups (broad SMARTS) is 1. The highest BCUT2D eigenvalue weighted by Crippen LogP contribution is 2.34. The lowest BCUT2D eigenvalue weighted by molar-refractivity contribution is 0.0694. The number of carbonyl (C=O) groups is 1. The van der Waals surface area contributed by atoms with Crippen LogP contribution in [0.2, 0.25) is 0 Å². The number of nitrogens with one attached hydrogen (secondary N) is 1. The van der Waals surface area contributed by atoms with Crippen LogP contribution in [0.1, 0.15) is 44.0 Å². The summed E-state index contributed by atoms with van der Waals surface area (Å²) in [6.45, 7) is 7.23. The fourth-order valence-electron chi connectivity index (χ4n) is 4.18. The van der Waals surface area contributed by atoms with Gasteiger partial charge in [0, 0.05) is 36.9 Å². The van der Waals surface area contributed by atoms with Gasteiger partial charge in [-0.3, -0.25) is 9.35 Å². The van der Waals surface area contributed by atoms with Crippen LogP contribution in [0.3, 0.4) is 0 Å². The number of anilines is 1. The van der Waals surface area contributed by atoms with E-state index in [1.165, 1.54) is 6.20 Å². The molecule has 0 radical (unpaired) electrons. The maximum Gasteiger partial charge on any atom is 0.341 e. The summed E-state index contributed by atoms with van der Waals surface area (Å²) in [4.78, 5) is 30.7. The lowest BCUT2D eigenvalue weighted by atomic mass is 10.1. The number of halogens is 1. The minimum atomic E-state index is -3.67.